The maximum Gasteiger partial charge on any atom is 0.0236 e. The Labute approximate surface area is 118 Å². The minimum Gasteiger partial charge on any atom is -0.317 e. The van der Waals surface area contributed by atoms with E-state index in [1.807, 2.05) is 0 Å². The standard InChI is InChI=1S/C17H28N2/c1-3-18-11-10-16-8-4-5-9-17(16)14-19-12-6-7-15(2)13-19/h4-5,8-9,15,18H,3,6-7,10-14H2,1-2H3. The van der Waals surface area contributed by atoms with Crippen molar-refractivity contribution < 1.29 is 0 Å². The normalized spacial score (nSPS) is 20.6. The number of likely N-dealkylation sites (N-methyl/N-ethyl adjacent to an activating group) is 1. The zero-order valence-electron chi connectivity index (χ0n) is 12.5. The van der Waals surface area contributed by atoms with Gasteiger partial charge in [0.2, 0.25) is 0 Å². The lowest BCUT2D eigenvalue weighted by Gasteiger charge is -2.31. The molecule has 1 atom stereocenters. The minimum absolute atomic E-state index is 0.864. The van der Waals surface area contributed by atoms with E-state index in [0.29, 0.717) is 0 Å². The molecule has 0 radical (unpaired) electrons. The smallest absolute Gasteiger partial charge is 0.0236 e. The lowest BCUT2D eigenvalue weighted by atomic mass is 9.98. The molecule has 106 valence electrons. The van der Waals surface area contributed by atoms with Crippen LogP contribution in [0.3, 0.4) is 0 Å². The second-order valence-corrected chi connectivity index (χ2v) is 5.85. The molecule has 1 unspecified atom stereocenters. The monoisotopic (exact) mass is 260 g/mol. The van der Waals surface area contributed by atoms with Gasteiger partial charge in [-0.3, -0.25) is 4.90 Å². The Bertz CT molecular complexity index is 375. The maximum absolute atomic E-state index is 3.42. The molecule has 0 spiro atoms. The Morgan fingerprint density at radius 2 is 2.05 bits per heavy atom. The molecule has 1 aromatic rings. The fourth-order valence-corrected chi connectivity index (χ4v) is 3.03. The van der Waals surface area contributed by atoms with Crippen LogP contribution in [0.1, 0.15) is 37.8 Å². The van der Waals surface area contributed by atoms with Crippen LogP contribution in [-0.4, -0.2) is 31.1 Å². The van der Waals surface area contributed by atoms with Crippen LogP contribution in [0.25, 0.3) is 0 Å². The van der Waals surface area contributed by atoms with E-state index in [2.05, 4.69) is 48.3 Å². The van der Waals surface area contributed by atoms with Crippen LogP contribution in [0.2, 0.25) is 0 Å². The molecule has 2 heteroatoms. The van der Waals surface area contributed by atoms with E-state index in [0.717, 1.165) is 32.0 Å². The van der Waals surface area contributed by atoms with Crippen LogP contribution < -0.4 is 5.32 Å². The van der Waals surface area contributed by atoms with Gasteiger partial charge in [-0.2, -0.15) is 0 Å². The fraction of sp³-hybridized carbons (Fsp3) is 0.647. The van der Waals surface area contributed by atoms with Crippen LogP contribution >= 0.6 is 0 Å². The number of benzene rings is 1. The van der Waals surface area contributed by atoms with E-state index in [9.17, 15) is 0 Å². The number of piperidine rings is 1. The zero-order chi connectivity index (χ0) is 13.5. The van der Waals surface area contributed by atoms with E-state index >= 15 is 0 Å². The van der Waals surface area contributed by atoms with Gasteiger partial charge < -0.3 is 5.32 Å². The van der Waals surface area contributed by atoms with Gasteiger partial charge in [0.25, 0.3) is 0 Å². The average molecular weight is 260 g/mol. The predicted octanol–water partition coefficient (Wildman–Crippen LogP) is 3.07. The first kappa shape index (κ1) is 14.5. The molecule has 1 saturated heterocycles. The summed E-state index contributed by atoms with van der Waals surface area (Å²) in [5.41, 5.74) is 3.04. The molecule has 1 fully saturated rings. The summed E-state index contributed by atoms with van der Waals surface area (Å²) in [5.74, 6) is 0.864. The van der Waals surface area contributed by atoms with E-state index in [4.69, 9.17) is 0 Å². The van der Waals surface area contributed by atoms with Crippen LogP contribution in [0.15, 0.2) is 24.3 Å². The Morgan fingerprint density at radius 3 is 2.79 bits per heavy atom. The summed E-state index contributed by atoms with van der Waals surface area (Å²) in [5, 5.41) is 3.42. The third-order valence-corrected chi connectivity index (χ3v) is 4.07. The van der Waals surface area contributed by atoms with Crippen LogP contribution in [0.4, 0.5) is 0 Å². The quantitative estimate of drug-likeness (QED) is 0.791. The van der Waals surface area contributed by atoms with Crippen molar-refractivity contribution in [2.45, 2.75) is 39.7 Å². The van der Waals surface area contributed by atoms with E-state index in [1.54, 1.807) is 0 Å². The molecule has 1 aliphatic rings. The summed E-state index contributed by atoms with van der Waals surface area (Å²) in [4.78, 5) is 2.63. The number of hydrogen-bond donors (Lipinski definition) is 1. The number of nitrogens with zero attached hydrogens (tertiary/aromatic N) is 1. The Hall–Kier alpha value is -0.860. The second-order valence-electron chi connectivity index (χ2n) is 5.85. The van der Waals surface area contributed by atoms with Gasteiger partial charge in [-0.25, -0.2) is 0 Å². The summed E-state index contributed by atoms with van der Waals surface area (Å²) < 4.78 is 0. The maximum atomic E-state index is 3.42. The van der Waals surface area contributed by atoms with Gasteiger partial charge >= 0.3 is 0 Å². The SMILES string of the molecule is CCNCCc1ccccc1CN1CCCC(C)C1. The molecule has 1 aromatic carbocycles. The molecule has 2 rings (SSSR count). The minimum atomic E-state index is 0.864. The molecule has 0 saturated carbocycles. The highest BCUT2D eigenvalue weighted by molar-refractivity contribution is 5.27. The Morgan fingerprint density at radius 1 is 1.26 bits per heavy atom. The van der Waals surface area contributed by atoms with Gasteiger partial charge in [0.05, 0.1) is 0 Å². The van der Waals surface area contributed by atoms with Crippen molar-refractivity contribution in [1.82, 2.24) is 10.2 Å². The van der Waals surface area contributed by atoms with Crippen molar-refractivity contribution in [3.05, 3.63) is 35.4 Å². The van der Waals surface area contributed by atoms with Crippen LogP contribution in [0.5, 0.6) is 0 Å². The second kappa shape index (κ2) is 7.66. The summed E-state index contributed by atoms with van der Waals surface area (Å²) >= 11 is 0. The van der Waals surface area contributed by atoms with Crippen molar-refractivity contribution >= 4 is 0 Å². The zero-order valence-corrected chi connectivity index (χ0v) is 12.5. The first-order chi connectivity index (χ1) is 9.29. The fourth-order valence-electron chi connectivity index (χ4n) is 3.03. The third kappa shape index (κ3) is 4.63. The molecule has 2 nitrogen and oxygen atoms in total. The molecule has 0 bridgehead atoms. The van der Waals surface area contributed by atoms with E-state index < -0.39 is 0 Å². The average Bonchev–Trinajstić information content (AvgIpc) is 2.41. The van der Waals surface area contributed by atoms with Gasteiger partial charge in [0.1, 0.15) is 0 Å². The molecule has 1 N–H and O–H groups in total. The molecule has 1 aliphatic heterocycles. The largest absolute Gasteiger partial charge is 0.317 e. The Kier molecular flexibility index (Phi) is 5.87. The highest BCUT2D eigenvalue weighted by atomic mass is 15.1. The highest BCUT2D eigenvalue weighted by Crippen LogP contribution is 2.19. The summed E-state index contributed by atoms with van der Waals surface area (Å²) in [6, 6.07) is 8.95. The van der Waals surface area contributed by atoms with Gasteiger partial charge in [0.15, 0.2) is 0 Å². The number of hydrogen-bond acceptors (Lipinski definition) is 2. The van der Waals surface area contributed by atoms with E-state index in [-0.39, 0.29) is 0 Å². The molecular formula is C17H28N2. The van der Waals surface area contributed by atoms with Crippen LogP contribution in [-0.2, 0) is 13.0 Å². The van der Waals surface area contributed by atoms with Gasteiger partial charge in [0, 0.05) is 13.1 Å². The van der Waals surface area contributed by atoms with E-state index in [1.165, 1.54) is 37.1 Å². The van der Waals surface area contributed by atoms with Crippen molar-refractivity contribution in [3.8, 4) is 0 Å². The van der Waals surface area contributed by atoms with Gasteiger partial charge in [-0.05, 0) is 55.9 Å². The number of nitrogens with one attached hydrogen (secondary N) is 1. The van der Waals surface area contributed by atoms with Crippen LogP contribution in [0, 0.1) is 5.92 Å². The lowest BCUT2D eigenvalue weighted by Crippen LogP contribution is -2.34. The molecule has 0 amide bonds. The lowest BCUT2D eigenvalue weighted by molar-refractivity contribution is 0.176. The predicted molar refractivity (Wildman–Crippen MR) is 82.4 cm³/mol. The van der Waals surface area contributed by atoms with Gasteiger partial charge in [-0.1, -0.05) is 38.1 Å². The molecule has 0 aromatic heterocycles. The van der Waals surface area contributed by atoms with Gasteiger partial charge in [-0.15, -0.1) is 0 Å². The topological polar surface area (TPSA) is 15.3 Å². The summed E-state index contributed by atoms with van der Waals surface area (Å²) in [6.07, 6.45) is 3.91. The molecule has 19 heavy (non-hydrogen) atoms. The van der Waals surface area contributed by atoms with Crippen molar-refractivity contribution in [3.63, 3.8) is 0 Å². The first-order valence-corrected chi connectivity index (χ1v) is 7.79. The molecular weight excluding hydrogens is 232 g/mol. The van der Waals surface area contributed by atoms with Crippen molar-refractivity contribution in [2.24, 2.45) is 5.92 Å². The summed E-state index contributed by atoms with van der Waals surface area (Å²) in [6.45, 7) is 10.4. The van der Waals surface area contributed by atoms with Crippen molar-refractivity contribution in [2.75, 3.05) is 26.2 Å². The Balaban J connectivity index is 1.94. The number of likely N-dealkylation sites (tertiary alicyclic amines) is 1. The van der Waals surface area contributed by atoms with Crippen molar-refractivity contribution in [1.29, 1.82) is 0 Å². The third-order valence-electron chi connectivity index (χ3n) is 4.07. The summed E-state index contributed by atoms with van der Waals surface area (Å²) in [7, 11) is 0. The molecule has 1 heterocycles. The number of rotatable bonds is 6. The highest BCUT2D eigenvalue weighted by Gasteiger charge is 2.17. The molecule has 0 aliphatic carbocycles. The first-order valence-electron chi connectivity index (χ1n) is 7.79.